The third-order valence-electron chi connectivity index (χ3n) is 2.43. The lowest BCUT2D eigenvalue weighted by molar-refractivity contribution is 0.413. The molecule has 0 bridgehead atoms. The zero-order chi connectivity index (χ0) is 12.1. The van der Waals surface area contributed by atoms with Crippen LogP contribution in [-0.2, 0) is 6.54 Å². The summed E-state index contributed by atoms with van der Waals surface area (Å²) in [6, 6.07) is 11.8. The minimum absolute atomic E-state index is 0.584. The Morgan fingerprint density at radius 3 is 2.71 bits per heavy atom. The van der Waals surface area contributed by atoms with Gasteiger partial charge in [0, 0.05) is 12.6 Å². The number of aromatic nitrogens is 1. The summed E-state index contributed by atoms with van der Waals surface area (Å²) >= 11 is 0. The van der Waals surface area contributed by atoms with Crippen molar-refractivity contribution in [3.8, 4) is 5.75 Å². The number of benzene rings is 1. The van der Waals surface area contributed by atoms with Gasteiger partial charge in [0.1, 0.15) is 11.6 Å². The van der Waals surface area contributed by atoms with E-state index in [2.05, 4.69) is 10.3 Å². The van der Waals surface area contributed by atoms with E-state index in [4.69, 9.17) is 10.5 Å². The Balaban J connectivity index is 2.04. The first-order valence-corrected chi connectivity index (χ1v) is 5.37. The Morgan fingerprint density at radius 2 is 2.06 bits per heavy atom. The maximum absolute atomic E-state index is 5.86. The predicted octanol–water partition coefficient (Wildman–Crippen LogP) is 2.28. The van der Waals surface area contributed by atoms with E-state index >= 15 is 0 Å². The lowest BCUT2D eigenvalue weighted by Crippen LogP contribution is -2.04. The number of methoxy groups -OCH3 is 1. The lowest BCUT2D eigenvalue weighted by atomic mass is 10.2. The normalized spacial score (nSPS) is 9.94. The van der Waals surface area contributed by atoms with Crippen LogP contribution in [0.4, 0.5) is 11.5 Å². The number of hydrogen-bond donors (Lipinski definition) is 2. The number of hydrogen-bond acceptors (Lipinski definition) is 4. The van der Waals surface area contributed by atoms with Gasteiger partial charge in [-0.15, -0.1) is 0 Å². The van der Waals surface area contributed by atoms with Crippen LogP contribution in [0, 0.1) is 0 Å². The Kier molecular flexibility index (Phi) is 3.45. The summed E-state index contributed by atoms with van der Waals surface area (Å²) in [7, 11) is 1.59. The van der Waals surface area contributed by atoms with Gasteiger partial charge in [-0.05, 0) is 5.56 Å². The van der Waals surface area contributed by atoms with E-state index in [0.717, 1.165) is 0 Å². The van der Waals surface area contributed by atoms with E-state index in [-0.39, 0.29) is 0 Å². The van der Waals surface area contributed by atoms with Crippen molar-refractivity contribution in [1.82, 2.24) is 4.98 Å². The van der Waals surface area contributed by atoms with Crippen molar-refractivity contribution < 1.29 is 4.74 Å². The van der Waals surface area contributed by atoms with E-state index in [1.807, 2.05) is 30.3 Å². The van der Waals surface area contributed by atoms with Crippen LogP contribution >= 0.6 is 0 Å². The van der Waals surface area contributed by atoms with Crippen LogP contribution in [0.5, 0.6) is 5.75 Å². The molecular weight excluding hydrogens is 214 g/mol. The highest BCUT2D eigenvalue weighted by Gasteiger charge is 2.02. The highest BCUT2D eigenvalue weighted by atomic mass is 16.5. The molecule has 0 amide bonds. The minimum atomic E-state index is 0.584. The maximum Gasteiger partial charge on any atom is 0.149 e. The first-order valence-electron chi connectivity index (χ1n) is 5.37. The first-order chi connectivity index (χ1) is 8.29. The Labute approximate surface area is 100 Å². The Morgan fingerprint density at radius 1 is 1.29 bits per heavy atom. The highest BCUT2D eigenvalue weighted by molar-refractivity contribution is 5.62. The number of rotatable bonds is 4. The molecule has 0 fully saturated rings. The number of ether oxygens (including phenoxy) is 1. The standard InChI is InChI=1S/C13H15N3O/c1-17-11-7-12(14)13(16-9-11)15-8-10-5-3-2-4-6-10/h2-7,9H,8,14H2,1H3,(H,15,16). The molecule has 4 nitrogen and oxygen atoms in total. The predicted molar refractivity (Wildman–Crippen MR) is 69.0 cm³/mol. The third-order valence-corrected chi connectivity index (χ3v) is 2.43. The number of pyridine rings is 1. The summed E-state index contributed by atoms with van der Waals surface area (Å²) in [5.74, 6) is 1.34. The van der Waals surface area contributed by atoms with Gasteiger partial charge in [0.05, 0.1) is 19.0 Å². The van der Waals surface area contributed by atoms with E-state index in [1.165, 1.54) is 5.56 Å². The zero-order valence-electron chi connectivity index (χ0n) is 9.68. The first kappa shape index (κ1) is 11.3. The average Bonchev–Trinajstić information content (AvgIpc) is 2.38. The smallest absolute Gasteiger partial charge is 0.149 e. The fourth-order valence-electron chi connectivity index (χ4n) is 1.50. The van der Waals surface area contributed by atoms with Crippen molar-refractivity contribution >= 4 is 11.5 Å². The van der Waals surface area contributed by atoms with E-state index in [0.29, 0.717) is 23.8 Å². The van der Waals surface area contributed by atoms with Gasteiger partial charge < -0.3 is 15.8 Å². The van der Waals surface area contributed by atoms with Gasteiger partial charge in [-0.25, -0.2) is 4.98 Å². The van der Waals surface area contributed by atoms with Crippen molar-refractivity contribution in [2.45, 2.75) is 6.54 Å². The molecule has 0 spiro atoms. The van der Waals surface area contributed by atoms with E-state index < -0.39 is 0 Å². The van der Waals surface area contributed by atoms with Crippen LogP contribution in [0.3, 0.4) is 0 Å². The number of nitrogens with one attached hydrogen (secondary N) is 1. The molecule has 1 aromatic carbocycles. The Hall–Kier alpha value is -2.23. The quantitative estimate of drug-likeness (QED) is 0.844. The Bertz CT molecular complexity index is 485. The van der Waals surface area contributed by atoms with Gasteiger partial charge in [0.15, 0.2) is 0 Å². The van der Waals surface area contributed by atoms with Gasteiger partial charge in [-0.3, -0.25) is 0 Å². The number of nitrogens with two attached hydrogens (primary N) is 1. The fraction of sp³-hybridized carbons (Fsp3) is 0.154. The van der Waals surface area contributed by atoms with E-state index in [1.54, 1.807) is 19.4 Å². The molecule has 0 aliphatic rings. The van der Waals surface area contributed by atoms with Crippen LogP contribution in [0.2, 0.25) is 0 Å². The van der Waals surface area contributed by atoms with Gasteiger partial charge in [-0.2, -0.15) is 0 Å². The minimum Gasteiger partial charge on any atom is -0.495 e. The molecule has 1 heterocycles. The maximum atomic E-state index is 5.86. The second-order valence-electron chi connectivity index (χ2n) is 3.65. The zero-order valence-corrected chi connectivity index (χ0v) is 9.68. The summed E-state index contributed by atoms with van der Waals surface area (Å²) < 4.78 is 5.04. The molecular formula is C13H15N3O. The second kappa shape index (κ2) is 5.21. The molecule has 0 radical (unpaired) electrons. The molecule has 0 unspecified atom stereocenters. The third kappa shape index (κ3) is 2.87. The van der Waals surface area contributed by atoms with Crippen LogP contribution in [-0.4, -0.2) is 12.1 Å². The van der Waals surface area contributed by atoms with Crippen molar-refractivity contribution in [2.24, 2.45) is 0 Å². The lowest BCUT2D eigenvalue weighted by Gasteiger charge is -2.09. The summed E-state index contributed by atoms with van der Waals surface area (Å²) in [6.07, 6.45) is 1.64. The molecule has 4 heteroatoms. The second-order valence-corrected chi connectivity index (χ2v) is 3.65. The summed E-state index contributed by atoms with van der Waals surface area (Å²) in [5.41, 5.74) is 7.62. The van der Waals surface area contributed by atoms with Crippen molar-refractivity contribution in [3.63, 3.8) is 0 Å². The molecule has 3 N–H and O–H groups in total. The van der Waals surface area contributed by atoms with Gasteiger partial charge >= 0.3 is 0 Å². The molecule has 0 saturated carbocycles. The number of anilines is 2. The van der Waals surface area contributed by atoms with Crippen LogP contribution in [0.15, 0.2) is 42.6 Å². The van der Waals surface area contributed by atoms with Crippen molar-refractivity contribution in [2.75, 3.05) is 18.2 Å². The number of nitrogen functional groups attached to an aromatic ring is 1. The molecule has 88 valence electrons. The van der Waals surface area contributed by atoms with Gasteiger partial charge in [-0.1, -0.05) is 30.3 Å². The van der Waals surface area contributed by atoms with Gasteiger partial charge in [0.2, 0.25) is 0 Å². The molecule has 0 saturated heterocycles. The largest absolute Gasteiger partial charge is 0.495 e. The molecule has 2 rings (SSSR count). The van der Waals surface area contributed by atoms with Crippen LogP contribution in [0.1, 0.15) is 5.56 Å². The SMILES string of the molecule is COc1cnc(NCc2ccccc2)c(N)c1. The summed E-state index contributed by atoms with van der Waals surface area (Å²) in [4.78, 5) is 4.20. The van der Waals surface area contributed by atoms with E-state index in [9.17, 15) is 0 Å². The molecule has 0 aliphatic carbocycles. The van der Waals surface area contributed by atoms with Crippen molar-refractivity contribution in [3.05, 3.63) is 48.2 Å². The fourth-order valence-corrected chi connectivity index (χ4v) is 1.50. The summed E-state index contributed by atoms with van der Waals surface area (Å²) in [6.45, 7) is 0.699. The topological polar surface area (TPSA) is 60.2 Å². The molecule has 0 atom stereocenters. The average molecular weight is 229 g/mol. The van der Waals surface area contributed by atoms with Gasteiger partial charge in [0.25, 0.3) is 0 Å². The molecule has 17 heavy (non-hydrogen) atoms. The molecule has 0 aliphatic heterocycles. The number of nitrogens with zero attached hydrogens (tertiary/aromatic N) is 1. The van der Waals surface area contributed by atoms with Crippen LogP contribution < -0.4 is 15.8 Å². The molecule has 2 aromatic rings. The monoisotopic (exact) mass is 229 g/mol. The highest BCUT2D eigenvalue weighted by Crippen LogP contribution is 2.21. The van der Waals surface area contributed by atoms with Crippen molar-refractivity contribution in [1.29, 1.82) is 0 Å². The molecule has 1 aromatic heterocycles. The summed E-state index contributed by atoms with van der Waals surface area (Å²) in [5, 5.41) is 3.19. The van der Waals surface area contributed by atoms with Crippen LogP contribution in [0.25, 0.3) is 0 Å².